The van der Waals surface area contributed by atoms with Crippen LogP contribution in [0.2, 0.25) is 0 Å². The minimum absolute atomic E-state index is 0.370. The van der Waals surface area contributed by atoms with Crippen molar-refractivity contribution in [3.63, 3.8) is 0 Å². The Morgan fingerprint density at radius 3 is 2.32 bits per heavy atom. The van der Waals surface area contributed by atoms with Crippen molar-refractivity contribution in [1.82, 2.24) is 0 Å². The van der Waals surface area contributed by atoms with Crippen molar-refractivity contribution in [3.05, 3.63) is 77.9 Å². The van der Waals surface area contributed by atoms with E-state index in [1.54, 1.807) is 25.2 Å². The van der Waals surface area contributed by atoms with E-state index in [1.165, 1.54) is 0 Å². The molecular weight excluding hydrogens is 323 g/mol. The SMILES string of the molecule is CN1c2ccccc2[C@H]2[C@@H]1[C@]2(c1ccc2ccccc2c1)C(F)(F)F. The summed E-state index contributed by atoms with van der Waals surface area (Å²) >= 11 is 0. The summed E-state index contributed by atoms with van der Waals surface area (Å²) in [5.74, 6) is -0.533. The lowest BCUT2D eigenvalue weighted by Gasteiger charge is -2.30. The summed E-state index contributed by atoms with van der Waals surface area (Å²) in [6.45, 7) is 0. The highest BCUT2D eigenvalue weighted by molar-refractivity contribution is 5.84. The van der Waals surface area contributed by atoms with Crippen molar-refractivity contribution < 1.29 is 13.2 Å². The molecule has 5 rings (SSSR count). The van der Waals surface area contributed by atoms with Gasteiger partial charge in [-0.05, 0) is 28.0 Å². The van der Waals surface area contributed by atoms with Crippen LogP contribution in [0.4, 0.5) is 18.9 Å². The van der Waals surface area contributed by atoms with Crippen molar-refractivity contribution in [2.75, 3.05) is 11.9 Å². The number of rotatable bonds is 1. The van der Waals surface area contributed by atoms with Gasteiger partial charge in [0, 0.05) is 18.7 Å². The molecule has 1 fully saturated rings. The third-order valence-electron chi connectivity index (χ3n) is 5.93. The Kier molecular flexibility index (Phi) is 2.71. The predicted molar refractivity (Wildman–Crippen MR) is 93.1 cm³/mol. The van der Waals surface area contributed by atoms with Crippen LogP contribution in [0.15, 0.2) is 66.7 Å². The van der Waals surface area contributed by atoms with Gasteiger partial charge in [0.15, 0.2) is 0 Å². The third-order valence-corrected chi connectivity index (χ3v) is 5.93. The van der Waals surface area contributed by atoms with Crippen LogP contribution in [-0.4, -0.2) is 19.3 Å². The van der Waals surface area contributed by atoms with Gasteiger partial charge in [0.2, 0.25) is 0 Å². The molecule has 1 nitrogen and oxygen atoms in total. The van der Waals surface area contributed by atoms with Crippen LogP contribution in [0.25, 0.3) is 10.8 Å². The number of benzene rings is 3. The highest BCUT2D eigenvalue weighted by Gasteiger charge is 2.82. The van der Waals surface area contributed by atoms with E-state index in [0.29, 0.717) is 5.56 Å². The van der Waals surface area contributed by atoms with Crippen LogP contribution in [-0.2, 0) is 5.41 Å². The van der Waals surface area contributed by atoms with E-state index in [2.05, 4.69) is 0 Å². The van der Waals surface area contributed by atoms with Crippen molar-refractivity contribution in [3.8, 4) is 0 Å². The zero-order valence-electron chi connectivity index (χ0n) is 13.6. The van der Waals surface area contributed by atoms with E-state index in [9.17, 15) is 13.2 Å². The maximum Gasteiger partial charge on any atom is 0.401 e. The number of hydrogen-bond acceptors (Lipinski definition) is 1. The van der Waals surface area contributed by atoms with Gasteiger partial charge in [-0.25, -0.2) is 0 Å². The number of para-hydroxylation sites is 1. The van der Waals surface area contributed by atoms with Crippen LogP contribution in [0.3, 0.4) is 0 Å². The second-order valence-electron chi connectivity index (χ2n) is 7.02. The summed E-state index contributed by atoms with van der Waals surface area (Å²) in [7, 11) is 1.78. The molecule has 3 atom stereocenters. The number of halogens is 3. The van der Waals surface area contributed by atoms with Gasteiger partial charge in [0.1, 0.15) is 5.41 Å². The predicted octanol–water partition coefficient (Wildman–Crippen LogP) is 5.26. The second-order valence-corrected chi connectivity index (χ2v) is 7.02. The van der Waals surface area contributed by atoms with Gasteiger partial charge in [0.05, 0.1) is 6.04 Å². The molecule has 0 spiro atoms. The maximum atomic E-state index is 14.3. The summed E-state index contributed by atoms with van der Waals surface area (Å²) < 4.78 is 43.0. The molecule has 0 aromatic heterocycles. The summed E-state index contributed by atoms with van der Waals surface area (Å²) in [5.41, 5.74) is 0.272. The Morgan fingerprint density at radius 2 is 1.56 bits per heavy atom. The van der Waals surface area contributed by atoms with E-state index >= 15 is 0 Å². The highest BCUT2D eigenvalue weighted by atomic mass is 19.4. The summed E-state index contributed by atoms with van der Waals surface area (Å²) in [4.78, 5) is 1.81. The third kappa shape index (κ3) is 1.69. The lowest BCUT2D eigenvalue weighted by atomic mass is 9.86. The standard InChI is InChI=1S/C21H16F3N/c1-25-17-9-5-4-8-16(17)18-19(25)20(18,21(22,23)24)15-11-10-13-6-2-3-7-14(13)12-15/h2-12,18-19H,1H3/t18-,19+,20+/m0/s1. The molecule has 25 heavy (non-hydrogen) atoms. The van der Waals surface area contributed by atoms with Gasteiger partial charge >= 0.3 is 6.18 Å². The molecule has 2 aliphatic rings. The van der Waals surface area contributed by atoms with Crippen molar-refractivity contribution in [2.24, 2.45) is 0 Å². The minimum Gasteiger partial charge on any atom is -0.369 e. The number of hydrogen-bond donors (Lipinski definition) is 0. The topological polar surface area (TPSA) is 3.24 Å². The molecule has 0 N–H and O–H groups in total. The zero-order chi connectivity index (χ0) is 17.4. The number of anilines is 1. The van der Waals surface area contributed by atoms with Gasteiger partial charge in [-0.1, -0.05) is 60.7 Å². The molecule has 1 heterocycles. The molecule has 3 aromatic rings. The first kappa shape index (κ1) is 14.8. The van der Waals surface area contributed by atoms with Gasteiger partial charge in [0.25, 0.3) is 0 Å². The Hall–Kier alpha value is -2.49. The number of nitrogens with zero attached hydrogens (tertiary/aromatic N) is 1. The molecule has 0 radical (unpaired) electrons. The summed E-state index contributed by atoms with van der Waals surface area (Å²) in [6, 6.07) is 19.6. The number of alkyl halides is 3. The van der Waals surface area contributed by atoms with E-state index in [4.69, 9.17) is 0 Å². The van der Waals surface area contributed by atoms with Crippen LogP contribution in [0.5, 0.6) is 0 Å². The Morgan fingerprint density at radius 1 is 0.880 bits per heavy atom. The molecule has 4 heteroatoms. The average Bonchev–Trinajstić information content (AvgIpc) is 3.24. The molecular formula is C21H16F3N. The molecule has 3 aromatic carbocycles. The number of likely N-dealkylation sites (N-methyl/N-ethyl adjacent to an activating group) is 1. The molecule has 0 unspecified atom stereocenters. The Bertz CT molecular complexity index is 994. The van der Waals surface area contributed by atoms with E-state index in [1.807, 2.05) is 53.4 Å². The van der Waals surface area contributed by atoms with Crippen molar-refractivity contribution in [1.29, 1.82) is 0 Å². The fourth-order valence-electron chi connectivity index (χ4n) is 4.84. The fourth-order valence-corrected chi connectivity index (χ4v) is 4.84. The van der Waals surface area contributed by atoms with Gasteiger partial charge in [-0.3, -0.25) is 0 Å². The molecule has 0 amide bonds. The molecule has 0 saturated heterocycles. The molecule has 1 aliphatic carbocycles. The van der Waals surface area contributed by atoms with Gasteiger partial charge in [-0.2, -0.15) is 13.2 Å². The van der Waals surface area contributed by atoms with Crippen LogP contribution >= 0.6 is 0 Å². The maximum absolute atomic E-state index is 14.3. The lowest BCUT2D eigenvalue weighted by Crippen LogP contribution is -2.39. The Balaban J connectivity index is 1.73. The van der Waals surface area contributed by atoms with E-state index < -0.39 is 23.6 Å². The molecule has 1 aliphatic heterocycles. The first-order valence-corrected chi connectivity index (χ1v) is 8.34. The Labute approximate surface area is 143 Å². The highest BCUT2D eigenvalue weighted by Crippen LogP contribution is 2.74. The fraction of sp³-hybridized carbons (Fsp3) is 0.238. The van der Waals surface area contributed by atoms with Crippen LogP contribution < -0.4 is 4.90 Å². The first-order chi connectivity index (χ1) is 12.0. The quantitative estimate of drug-likeness (QED) is 0.585. The zero-order valence-corrected chi connectivity index (χ0v) is 13.6. The minimum atomic E-state index is -4.30. The lowest BCUT2D eigenvalue weighted by molar-refractivity contribution is -0.163. The van der Waals surface area contributed by atoms with Crippen LogP contribution in [0, 0.1) is 0 Å². The van der Waals surface area contributed by atoms with Crippen LogP contribution in [0.1, 0.15) is 17.0 Å². The second kappa shape index (κ2) is 4.57. The first-order valence-electron chi connectivity index (χ1n) is 8.34. The largest absolute Gasteiger partial charge is 0.401 e. The molecule has 1 saturated carbocycles. The van der Waals surface area contributed by atoms with Crippen molar-refractivity contribution in [2.45, 2.75) is 23.6 Å². The average molecular weight is 339 g/mol. The van der Waals surface area contributed by atoms with E-state index in [0.717, 1.165) is 22.0 Å². The molecule has 126 valence electrons. The molecule has 0 bridgehead atoms. The van der Waals surface area contributed by atoms with Gasteiger partial charge in [-0.15, -0.1) is 0 Å². The van der Waals surface area contributed by atoms with E-state index in [-0.39, 0.29) is 0 Å². The summed E-state index contributed by atoms with van der Waals surface area (Å²) in [6.07, 6.45) is -4.30. The smallest absolute Gasteiger partial charge is 0.369 e. The normalized spacial score (nSPS) is 27.3. The van der Waals surface area contributed by atoms with Crippen molar-refractivity contribution >= 4 is 16.5 Å². The van der Waals surface area contributed by atoms with Gasteiger partial charge < -0.3 is 4.90 Å². The monoisotopic (exact) mass is 339 g/mol. The number of fused-ring (bicyclic) bond motifs is 4. The summed E-state index contributed by atoms with van der Waals surface area (Å²) in [5, 5.41) is 1.81.